The number of ether oxygens (including phenoxy) is 2. The molecular formula is C17H15BrFN3O2. The second kappa shape index (κ2) is 7.00. The molecule has 0 aliphatic carbocycles. The molecule has 2 heterocycles. The molecule has 0 bridgehead atoms. The molecule has 1 aromatic carbocycles. The number of anilines is 1. The molecule has 5 nitrogen and oxygen atoms in total. The highest BCUT2D eigenvalue weighted by molar-refractivity contribution is 9.10. The average molecular weight is 392 g/mol. The molecule has 3 rings (SSSR count). The SMILES string of the molecule is COc1ccc2c(NCc3ccc(Br)cc3F)c(OC)cnc2n1. The van der Waals surface area contributed by atoms with Crippen molar-refractivity contribution in [2.45, 2.75) is 6.54 Å². The monoisotopic (exact) mass is 391 g/mol. The van der Waals surface area contributed by atoms with E-state index >= 15 is 0 Å². The van der Waals surface area contributed by atoms with Crippen molar-refractivity contribution in [3.63, 3.8) is 0 Å². The number of nitrogens with one attached hydrogen (secondary N) is 1. The van der Waals surface area contributed by atoms with E-state index in [-0.39, 0.29) is 5.82 Å². The van der Waals surface area contributed by atoms with Crippen LogP contribution in [0.1, 0.15) is 5.56 Å². The van der Waals surface area contributed by atoms with Crippen molar-refractivity contribution in [2.75, 3.05) is 19.5 Å². The summed E-state index contributed by atoms with van der Waals surface area (Å²) in [4.78, 5) is 8.57. The van der Waals surface area contributed by atoms with Gasteiger partial charge in [-0.05, 0) is 18.2 Å². The first-order valence-corrected chi connectivity index (χ1v) is 7.97. The lowest BCUT2D eigenvalue weighted by Crippen LogP contribution is -2.05. The lowest BCUT2D eigenvalue weighted by atomic mass is 10.2. The predicted molar refractivity (Wildman–Crippen MR) is 94.1 cm³/mol. The number of hydrogen-bond donors (Lipinski definition) is 1. The first-order valence-electron chi connectivity index (χ1n) is 7.18. The number of methoxy groups -OCH3 is 2. The molecule has 0 unspecified atom stereocenters. The minimum absolute atomic E-state index is 0.283. The number of aromatic nitrogens is 2. The van der Waals surface area contributed by atoms with E-state index in [1.807, 2.05) is 6.07 Å². The number of rotatable bonds is 5. The van der Waals surface area contributed by atoms with Crippen LogP contribution in [0.5, 0.6) is 11.6 Å². The average Bonchev–Trinajstić information content (AvgIpc) is 2.60. The third-order valence-electron chi connectivity index (χ3n) is 3.57. The zero-order chi connectivity index (χ0) is 17.1. The third-order valence-corrected chi connectivity index (χ3v) is 4.06. The Morgan fingerprint density at radius 2 is 2.00 bits per heavy atom. The number of pyridine rings is 2. The molecule has 0 fully saturated rings. The van der Waals surface area contributed by atoms with E-state index in [0.717, 1.165) is 5.39 Å². The standard InChI is InChI=1S/C17H15BrFN3O2/c1-23-14-9-21-17-12(5-6-15(22-17)24-2)16(14)20-8-10-3-4-11(18)7-13(10)19/h3-7,9H,8H2,1-2H3,(H,20,21,22). The molecule has 7 heteroatoms. The van der Waals surface area contributed by atoms with Crippen molar-refractivity contribution >= 4 is 32.7 Å². The van der Waals surface area contributed by atoms with Crippen LogP contribution in [0, 0.1) is 5.82 Å². The van der Waals surface area contributed by atoms with E-state index < -0.39 is 0 Å². The summed E-state index contributed by atoms with van der Waals surface area (Å²) in [6, 6.07) is 8.55. The van der Waals surface area contributed by atoms with Gasteiger partial charge in [-0.25, -0.2) is 9.37 Å². The Labute approximate surface area is 147 Å². The van der Waals surface area contributed by atoms with Crippen LogP contribution in [0.25, 0.3) is 11.0 Å². The fraction of sp³-hybridized carbons (Fsp3) is 0.176. The van der Waals surface area contributed by atoms with Crippen molar-refractivity contribution in [3.8, 4) is 11.6 Å². The molecule has 0 radical (unpaired) electrons. The van der Waals surface area contributed by atoms with Crippen molar-refractivity contribution in [2.24, 2.45) is 0 Å². The molecule has 1 N–H and O–H groups in total. The third kappa shape index (κ3) is 3.26. The van der Waals surface area contributed by atoms with Crippen LogP contribution in [0.2, 0.25) is 0 Å². The van der Waals surface area contributed by atoms with Crippen LogP contribution >= 0.6 is 15.9 Å². The van der Waals surface area contributed by atoms with Gasteiger partial charge in [0, 0.05) is 28.0 Å². The minimum atomic E-state index is -0.283. The van der Waals surface area contributed by atoms with Crippen LogP contribution in [0.4, 0.5) is 10.1 Å². The van der Waals surface area contributed by atoms with Gasteiger partial charge >= 0.3 is 0 Å². The van der Waals surface area contributed by atoms with Gasteiger partial charge in [-0.1, -0.05) is 22.0 Å². The zero-order valence-electron chi connectivity index (χ0n) is 13.1. The van der Waals surface area contributed by atoms with Gasteiger partial charge in [-0.3, -0.25) is 0 Å². The maximum Gasteiger partial charge on any atom is 0.215 e. The normalized spacial score (nSPS) is 10.7. The van der Waals surface area contributed by atoms with Gasteiger partial charge in [-0.2, -0.15) is 4.98 Å². The summed E-state index contributed by atoms with van der Waals surface area (Å²) >= 11 is 3.25. The molecule has 0 amide bonds. The van der Waals surface area contributed by atoms with Crippen molar-refractivity contribution in [1.82, 2.24) is 9.97 Å². The van der Waals surface area contributed by atoms with Crippen LogP contribution < -0.4 is 14.8 Å². The van der Waals surface area contributed by atoms with Crippen LogP contribution in [-0.4, -0.2) is 24.2 Å². The van der Waals surface area contributed by atoms with E-state index in [0.29, 0.717) is 39.5 Å². The lowest BCUT2D eigenvalue weighted by Gasteiger charge is -2.14. The van der Waals surface area contributed by atoms with Gasteiger partial charge in [0.15, 0.2) is 11.4 Å². The van der Waals surface area contributed by atoms with Crippen molar-refractivity contribution in [3.05, 3.63) is 52.4 Å². The van der Waals surface area contributed by atoms with Gasteiger partial charge in [0.1, 0.15) is 5.82 Å². The number of nitrogens with zero attached hydrogens (tertiary/aromatic N) is 2. The number of fused-ring (bicyclic) bond motifs is 1. The molecule has 24 heavy (non-hydrogen) atoms. The maximum atomic E-state index is 14.0. The largest absolute Gasteiger partial charge is 0.493 e. The molecule has 0 atom stereocenters. The Hall–Kier alpha value is -2.41. The second-order valence-corrected chi connectivity index (χ2v) is 5.93. The number of hydrogen-bond acceptors (Lipinski definition) is 5. The summed E-state index contributed by atoms with van der Waals surface area (Å²) in [6.07, 6.45) is 1.58. The van der Waals surface area contributed by atoms with E-state index in [9.17, 15) is 4.39 Å². The first kappa shape index (κ1) is 16.4. The van der Waals surface area contributed by atoms with Gasteiger partial charge in [-0.15, -0.1) is 0 Å². The minimum Gasteiger partial charge on any atom is -0.493 e. The van der Waals surface area contributed by atoms with E-state index in [1.54, 1.807) is 38.6 Å². The highest BCUT2D eigenvalue weighted by Gasteiger charge is 2.12. The summed E-state index contributed by atoms with van der Waals surface area (Å²) in [6.45, 7) is 0.306. The Balaban J connectivity index is 1.97. The van der Waals surface area contributed by atoms with E-state index in [4.69, 9.17) is 9.47 Å². The highest BCUT2D eigenvalue weighted by atomic mass is 79.9. The van der Waals surface area contributed by atoms with Gasteiger partial charge in [0.05, 0.1) is 26.1 Å². The van der Waals surface area contributed by atoms with Crippen LogP contribution in [0.3, 0.4) is 0 Å². The Morgan fingerprint density at radius 3 is 2.71 bits per heavy atom. The van der Waals surface area contributed by atoms with Gasteiger partial charge in [0.2, 0.25) is 5.88 Å². The fourth-order valence-corrected chi connectivity index (χ4v) is 2.67. The van der Waals surface area contributed by atoms with Crippen molar-refractivity contribution in [1.29, 1.82) is 0 Å². The van der Waals surface area contributed by atoms with Crippen LogP contribution in [-0.2, 0) is 6.54 Å². The Bertz CT molecular complexity index is 889. The Kier molecular flexibility index (Phi) is 4.80. The molecule has 124 valence electrons. The summed E-state index contributed by atoms with van der Waals surface area (Å²) in [5.41, 5.74) is 1.78. The maximum absolute atomic E-state index is 14.0. The van der Waals surface area contributed by atoms with E-state index in [1.165, 1.54) is 6.07 Å². The molecule has 0 aliphatic heterocycles. The summed E-state index contributed by atoms with van der Waals surface area (Å²) in [5.74, 6) is 0.756. The molecule has 3 aromatic rings. The van der Waals surface area contributed by atoms with Gasteiger partial charge < -0.3 is 14.8 Å². The zero-order valence-corrected chi connectivity index (χ0v) is 14.7. The molecule has 2 aromatic heterocycles. The fourth-order valence-electron chi connectivity index (χ4n) is 2.34. The van der Waals surface area contributed by atoms with Crippen molar-refractivity contribution < 1.29 is 13.9 Å². The highest BCUT2D eigenvalue weighted by Crippen LogP contribution is 2.32. The molecule has 0 spiro atoms. The number of halogens is 2. The lowest BCUT2D eigenvalue weighted by molar-refractivity contribution is 0.399. The molecule has 0 saturated carbocycles. The first-order chi connectivity index (χ1) is 11.6. The predicted octanol–water partition coefficient (Wildman–Crippen LogP) is 4.16. The van der Waals surface area contributed by atoms with Gasteiger partial charge in [0.25, 0.3) is 0 Å². The Morgan fingerprint density at radius 1 is 1.17 bits per heavy atom. The summed E-state index contributed by atoms with van der Waals surface area (Å²) < 4.78 is 25.2. The summed E-state index contributed by atoms with van der Waals surface area (Å²) in [5, 5.41) is 3.99. The topological polar surface area (TPSA) is 56.3 Å². The smallest absolute Gasteiger partial charge is 0.215 e. The van der Waals surface area contributed by atoms with Crippen LogP contribution in [0.15, 0.2) is 41.0 Å². The quantitative estimate of drug-likeness (QED) is 0.707. The molecule has 0 aliphatic rings. The second-order valence-electron chi connectivity index (χ2n) is 5.02. The molecular weight excluding hydrogens is 377 g/mol. The van der Waals surface area contributed by atoms with E-state index in [2.05, 4.69) is 31.2 Å². The molecule has 0 saturated heterocycles. The number of benzene rings is 1. The summed E-state index contributed by atoms with van der Waals surface area (Å²) in [7, 11) is 3.11.